The highest BCUT2D eigenvalue weighted by molar-refractivity contribution is 6.18. The minimum atomic E-state index is -0.423. The van der Waals surface area contributed by atoms with Gasteiger partial charge in [0.15, 0.2) is 0 Å². The van der Waals surface area contributed by atoms with E-state index in [1.54, 1.807) is 0 Å². The van der Waals surface area contributed by atoms with Gasteiger partial charge in [-0.1, -0.05) is 35.4 Å². The second-order valence-corrected chi connectivity index (χ2v) is 7.79. The zero-order valence-electron chi connectivity index (χ0n) is 17.1. The molecule has 2 heterocycles. The highest BCUT2D eigenvalue weighted by Crippen LogP contribution is 2.32. The highest BCUT2D eigenvalue weighted by Gasteiger charge is 2.42. The maximum atomic E-state index is 13.0. The summed E-state index contributed by atoms with van der Waals surface area (Å²) in [6.07, 6.45) is 0.382. The van der Waals surface area contributed by atoms with E-state index in [-0.39, 0.29) is 11.8 Å². The Kier molecular flexibility index (Phi) is 4.78. The van der Waals surface area contributed by atoms with Crippen molar-refractivity contribution in [3.63, 3.8) is 0 Å². The van der Waals surface area contributed by atoms with Gasteiger partial charge < -0.3 is 0 Å². The summed E-state index contributed by atoms with van der Waals surface area (Å²) in [6, 6.07) is 15.4. The van der Waals surface area contributed by atoms with Gasteiger partial charge >= 0.3 is 0 Å². The first-order chi connectivity index (χ1) is 13.8. The molecule has 2 aliphatic rings. The van der Waals surface area contributed by atoms with Crippen LogP contribution in [0.3, 0.4) is 0 Å². The van der Waals surface area contributed by atoms with Crippen LogP contribution in [0.4, 0.5) is 11.4 Å². The third-order valence-electron chi connectivity index (χ3n) is 5.57. The summed E-state index contributed by atoms with van der Waals surface area (Å²) in [5.41, 5.74) is 5.18. The van der Waals surface area contributed by atoms with Crippen molar-refractivity contribution in [3.8, 4) is 0 Å². The molecular weight excluding hydrogens is 364 g/mol. The van der Waals surface area contributed by atoms with Crippen molar-refractivity contribution in [1.82, 2.24) is 0 Å². The molecule has 6 nitrogen and oxygen atoms in total. The number of carbonyl (C=O) groups is 2. The molecule has 2 unspecified atom stereocenters. The lowest BCUT2D eigenvalue weighted by molar-refractivity contribution is -0.121. The molecule has 0 bridgehead atoms. The van der Waals surface area contributed by atoms with Crippen LogP contribution in [0.25, 0.3) is 0 Å². The summed E-state index contributed by atoms with van der Waals surface area (Å²) >= 11 is 0. The Morgan fingerprint density at radius 2 is 1.00 bits per heavy atom. The molecule has 2 amide bonds. The standard InChI is InChI=1S/C23H24N4O2/c1-14-5-9-18(10-6-14)26-22(28)20(16(3)24-26)13-21-17(4)25-27(23(21)29)19-11-7-15(2)8-12-19/h5-12,20-21H,13H2,1-4H3. The Morgan fingerprint density at radius 1 is 0.655 bits per heavy atom. The summed E-state index contributed by atoms with van der Waals surface area (Å²) in [5.74, 6) is -1.04. The highest BCUT2D eigenvalue weighted by atomic mass is 16.2. The fourth-order valence-corrected chi connectivity index (χ4v) is 3.73. The van der Waals surface area contributed by atoms with E-state index in [1.165, 1.54) is 10.0 Å². The van der Waals surface area contributed by atoms with Gasteiger partial charge in [0.25, 0.3) is 11.8 Å². The van der Waals surface area contributed by atoms with E-state index in [4.69, 9.17) is 0 Å². The molecule has 0 N–H and O–H groups in total. The Bertz CT molecular complexity index is 938. The number of benzene rings is 2. The molecular formula is C23H24N4O2. The third kappa shape index (κ3) is 3.46. The van der Waals surface area contributed by atoms with Gasteiger partial charge in [-0.3, -0.25) is 9.59 Å². The monoisotopic (exact) mass is 388 g/mol. The number of amides is 2. The minimum absolute atomic E-state index is 0.0965. The summed E-state index contributed by atoms with van der Waals surface area (Å²) in [6.45, 7) is 7.70. The van der Waals surface area contributed by atoms with Gasteiger partial charge in [0.05, 0.1) is 23.2 Å². The summed E-state index contributed by atoms with van der Waals surface area (Å²) in [7, 11) is 0. The molecule has 0 saturated heterocycles. The molecule has 0 radical (unpaired) electrons. The van der Waals surface area contributed by atoms with Crippen LogP contribution in [0, 0.1) is 25.7 Å². The van der Waals surface area contributed by atoms with E-state index >= 15 is 0 Å². The van der Waals surface area contributed by atoms with Crippen molar-refractivity contribution in [2.75, 3.05) is 10.0 Å². The first-order valence-corrected chi connectivity index (χ1v) is 9.76. The van der Waals surface area contributed by atoms with Crippen molar-refractivity contribution < 1.29 is 9.59 Å². The van der Waals surface area contributed by atoms with Crippen LogP contribution < -0.4 is 10.0 Å². The summed E-state index contributed by atoms with van der Waals surface area (Å²) in [5, 5.41) is 11.8. The van der Waals surface area contributed by atoms with Gasteiger partial charge in [-0.05, 0) is 58.4 Å². The minimum Gasteiger partial charge on any atom is -0.272 e. The largest absolute Gasteiger partial charge is 0.272 e. The van der Waals surface area contributed by atoms with Crippen LogP contribution in [0.15, 0.2) is 58.7 Å². The molecule has 0 spiro atoms. The lowest BCUT2D eigenvalue weighted by atomic mass is 9.88. The molecule has 0 saturated carbocycles. The second kappa shape index (κ2) is 7.28. The molecule has 6 heteroatoms. The number of hydrogen-bond donors (Lipinski definition) is 0. The molecule has 0 aromatic heterocycles. The van der Waals surface area contributed by atoms with Crippen LogP contribution in [0.5, 0.6) is 0 Å². The molecule has 148 valence electrons. The predicted molar refractivity (Wildman–Crippen MR) is 115 cm³/mol. The number of nitrogens with zero attached hydrogens (tertiary/aromatic N) is 4. The number of aryl methyl sites for hydroxylation is 2. The topological polar surface area (TPSA) is 65.3 Å². The predicted octanol–water partition coefficient (Wildman–Crippen LogP) is 4.07. The van der Waals surface area contributed by atoms with Gasteiger partial charge in [-0.25, -0.2) is 10.0 Å². The molecule has 4 rings (SSSR count). The van der Waals surface area contributed by atoms with Crippen LogP contribution in [-0.4, -0.2) is 23.2 Å². The SMILES string of the molecule is CC1=NN(c2ccc(C)cc2)C(=O)C1CC1C(=O)N(c2ccc(C)cc2)N=C1C. The number of anilines is 2. The molecule has 2 aliphatic heterocycles. The van der Waals surface area contributed by atoms with Gasteiger partial charge in [0.2, 0.25) is 0 Å². The molecule has 29 heavy (non-hydrogen) atoms. The van der Waals surface area contributed by atoms with E-state index in [9.17, 15) is 9.59 Å². The van der Waals surface area contributed by atoms with Gasteiger partial charge in [-0.2, -0.15) is 10.2 Å². The normalized spacial score (nSPS) is 21.7. The van der Waals surface area contributed by atoms with Gasteiger partial charge in [0.1, 0.15) is 0 Å². The molecule has 2 aromatic carbocycles. The maximum Gasteiger partial charge on any atom is 0.256 e. The smallest absolute Gasteiger partial charge is 0.256 e. The zero-order valence-corrected chi connectivity index (χ0v) is 17.1. The number of rotatable bonds is 4. The van der Waals surface area contributed by atoms with Crippen molar-refractivity contribution in [1.29, 1.82) is 0 Å². The summed E-state index contributed by atoms with van der Waals surface area (Å²) < 4.78 is 0. The molecule has 2 aromatic rings. The quantitative estimate of drug-likeness (QED) is 0.792. The van der Waals surface area contributed by atoms with Crippen LogP contribution in [0.1, 0.15) is 31.4 Å². The number of hydrogen-bond acceptors (Lipinski definition) is 4. The summed E-state index contributed by atoms with van der Waals surface area (Å²) in [4.78, 5) is 26.1. The Balaban J connectivity index is 1.52. The third-order valence-corrected chi connectivity index (χ3v) is 5.57. The fourth-order valence-electron chi connectivity index (χ4n) is 3.73. The maximum absolute atomic E-state index is 13.0. The van der Waals surface area contributed by atoms with E-state index in [0.717, 1.165) is 33.9 Å². The fraction of sp³-hybridized carbons (Fsp3) is 0.304. The van der Waals surface area contributed by atoms with Crippen molar-refractivity contribution in [2.24, 2.45) is 22.0 Å². The van der Waals surface area contributed by atoms with Crippen LogP contribution >= 0.6 is 0 Å². The van der Waals surface area contributed by atoms with Crippen molar-refractivity contribution in [3.05, 3.63) is 59.7 Å². The number of hydrazone groups is 2. The van der Waals surface area contributed by atoms with Crippen molar-refractivity contribution in [2.45, 2.75) is 34.1 Å². The first-order valence-electron chi connectivity index (χ1n) is 9.76. The lowest BCUT2D eigenvalue weighted by Gasteiger charge is -2.18. The molecule has 2 atom stereocenters. The van der Waals surface area contributed by atoms with Crippen LogP contribution in [-0.2, 0) is 9.59 Å². The van der Waals surface area contributed by atoms with E-state index in [1.807, 2.05) is 76.2 Å². The zero-order chi connectivity index (χ0) is 20.7. The Hall–Kier alpha value is -3.28. The van der Waals surface area contributed by atoms with Crippen LogP contribution in [0.2, 0.25) is 0 Å². The van der Waals surface area contributed by atoms with E-state index < -0.39 is 11.8 Å². The van der Waals surface area contributed by atoms with Gasteiger partial charge in [-0.15, -0.1) is 0 Å². The first kappa shape index (κ1) is 19.1. The van der Waals surface area contributed by atoms with E-state index in [2.05, 4.69) is 10.2 Å². The average Bonchev–Trinajstić information content (AvgIpc) is 3.14. The van der Waals surface area contributed by atoms with Crippen molar-refractivity contribution >= 4 is 34.6 Å². The lowest BCUT2D eigenvalue weighted by Crippen LogP contribution is -2.33. The second-order valence-electron chi connectivity index (χ2n) is 7.79. The van der Waals surface area contributed by atoms with E-state index in [0.29, 0.717) is 6.42 Å². The average molecular weight is 388 g/mol. The molecule has 0 fully saturated rings. The molecule has 0 aliphatic carbocycles. The number of carbonyl (C=O) groups excluding carboxylic acids is 2. The van der Waals surface area contributed by atoms with Gasteiger partial charge in [0, 0.05) is 11.4 Å². The Morgan fingerprint density at radius 3 is 1.34 bits per heavy atom. The Labute approximate surface area is 170 Å².